The van der Waals surface area contributed by atoms with Crippen molar-refractivity contribution in [2.24, 2.45) is 0 Å². The summed E-state index contributed by atoms with van der Waals surface area (Å²) in [6, 6.07) is 15.2. The number of likely N-dealkylation sites (N-methyl/N-ethyl adjacent to an activating group) is 1. The minimum absolute atomic E-state index is 0.470. The van der Waals surface area contributed by atoms with Crippen molar-refractivity contribution < 1.29 is 19.1 Å². The Morgan fingerprint density at radius 3 is 2.16 bits per heavy atom. The van der Waals surface area contributed by atoms with Crippen molar-refractivity contribution in [1.29, 1.82) is 0 Å². The summed E-state index contributed by atoms with van der Waals surface area (Å²) >= 11 is 6.07. The van der Waals surface area contributed by atoms with Gasteiger partial charge in [-0.15, -0.1) is 0 Å². The molecule has 0 saturated carbocycles. The van der Waals surface area contributed by atoms with E-state index in [2.05, 4.69) is 0 Å². The fourth-order valence-electron chi connectivity index (χ4n) is 2.74. The summed E-state index contributed by atoms with van der Waals surface area (Å²) in [6.45, 7) is 0. The Hall–Kier alpha value is -2.53. The van der Waals surface area contributed by atoms with Crippen LogP contribution in [0.1, 0.15) is 11.5 Å². The molecule has 5 nitrogen and oxygen atoms in total. The zero-order chi connectivity index (χ0) is 18.4. The van der Waals surface area contributed by atoms with E-state index in [0.717, 1.165) is 5.69 Å². The van der Waals surface area contributed by atoms with Crippen molar-refractivity contribution in [3.8, 4) is 0 Å². The van der Waals surface area contributed by atoms with Crippen LogP contribution in [0.2, 0.25) is 5.02 Å². The van der Waals surface area contributed by atoms with Crippen molar-refractivity contribution in [2.75, 3.05) is 26.2 Å². The number of nitrogens with zero attached hydrogens (tertiary/aromatic N) is 1. The fraction of sp³-hybridized carbons (Fsp3) is 0.263. The van der Waals surface area contributed by atoms with Crippen molar-refractivity contribution in [3.63, 3.8) is 0 Å². The number of benzene rings is 2. The molecule has 0 aliphatic carbocycles. The van der Waals surface area contributed by atoms with Crippen LogP contribution < -0.4 is 4.90 Å². The van der Waals surface area contributed by atoms with Gasteiger partial charge in [-0.1, -0.05) is 41.9 Å². The molecule has 0 fully saturated rings. The number of para-hydroxylation sites is 1. The second-order valence-corrected chi connectivity index (χ2v) is 5.91. The molecule has 0 aliphatic heterocycles. The van der Waals surface area contributed by atoms with E-state index < -0.39 is 23.9 Å². The predicted molar refractivity (Wildman–Crippen MR) is 96.9 cm³/mol. The zero-order valence-electron chi connectivity index (χ0n) is 14.3. The van der Waals surface area contributed by atoms with Crippen molar-refractivity contribution in [2.45, 2.75) is 12.0 Å². The number of carbonyl (C=O) groups excluding carboxylic acids is 2. The third-order valence-electron chi connectivity index (χ3n) is 4.00. The third kappa shape index (κ3) is 4.31. The molecule has 0 radical (unpaired) electrons. The van der Waals surface area contributed by atoms with E-state index in [1.165, 1.54) is 14.2 Å². The molecule has 0 bridgehead atoms. The molecule has 25 heavy (non-hydrogen) atoms. The van der Waals surface area contributed by atoms with Crippen LogP contribution in [0.3, 0.4) is 0 Å². The molecular formula is C19H20ClNO4. The number of anilines is 1. The van der Waals surface area contributed by atoms with Gasteiger partial charge in [0.2, 0.25) is 0 Å². The maximum atomic E-state index is 12.5. The highest BCUT2D eigenvalue weighted by atomic mass is 35.5. The molecule has 2 atom stereocenters. The van der Waals surface area contributed by atoms with Crippen LogP contribution in [-0.4, -0.2) is 39.2 Å². The molecule has 0 aromatic heterocycles. The number of esters is 2. The molecule has 0 spiro atoms. The number of methoxy groups -OCH3 is 2. The summed E-state index contributed by atoms with van der Waals surface area (Å²) < 4.78 is 9.91. The van der Waals surface area contributed by atoms with Gasteiger partial charge in [-0.2, -0.15) is 0 Å². The molecule has 2 aromatic carbocycles. The zero-order valence-corrected chi connectivity index (χ0v) is 15.1. The summed E-state index contributed by atoms with van der Waals surface area (Å²) in [7, 11) is 4.31. The van der Waals surface area contributed by atoms with Gasteiger partial charge in [-0.3, -0.25) is 4.79 Å². The van der Waals surface area contributed by atoms with Crippen molar-refractivity contribution in [3.05, 3.63) is 65.2 Å². The van der Waals surface area contributed by atoms with E-state index >= 15 is 0 Å². The molecule has 0 aliphatic rings. The van der Waals surface area contributed by atoms with Gasteiger partial charge < -0.3 is 14.4 Å². The Morgan fingerprint density at radius 1 is 0.960 bits per heavy atom. The van der Waals surface area contributed by atoms with Crippen LogP contribution in [0.25, 0.3) is 0 Å². The SMILES string of the molecule is COC(=O)C(c1cccc(Cl)c1)C(C(=O)OC)N(C)c1ccccc1. The lowest BCUT2D eigenvalue weighted by Crippen LogP contribution is -2.47. The number of carbonyl (C=O) groups is 2. The first-order chi connectivity index (χ1) is 12.0. The molecular weight excluding hydrogens is 342 g/mol. The van der Waals surface area contributed by atoms with E-state index in [-0.39, 0.29) is 0 Å². The van der Waals surface area contributed by atoms with Crippen LogP contribution >= 0.6 is 11.6 Å². The average molecular weight is 362 g/mol. The lowest BCUT2D eigenvalue weighted by molar-refractivity contribution is -0.150. The van der Waals surface area contributed by atoms with Gasteiger partial charge in [0, 0.05) is 17.8 Å². The van der Waals surface area contributed by atoms with Gasteiger partial charge in [-0.05, 0) is 29.8 Å². The Balaban J connectivity index is 2.54. The summed E-state index contributed by atoms with van der Waals surface area (Å²) in [5.41, 5.74) is 1.35. The van der Waals surface area contributed by atoms with Crippen LogP contribution in [0.4, 0.5) is 5.69 Å². The molecule has 2 rings (SSSR count). The van der Waals surface area contributed by atoms with Crippen LogP contribution in [0.5, 0.6) is 0 Å². The summed E-state index contributed by atoms with van der Waals surface area (Å²) in [5.74, 6) is -1.97. The number of hydrogen-bond donors (Lipinski definition) is 0. The maximum Gasteiger partial charge on any atom is 0.329 e. The standard InChI is InChI=1S/C19H20ClNO4/c1-21(15-10-5-4-6-11-15)17(19(23)25-3)16(18(22)24-2)13-8-7-9-14(20)12-13/h4-12,16-17H,1-3H3. The lowest BCUT2D eigenvalue weighted by atomic mass is 9.90. The summed E-state index contributed by atoms with van der Waals surface area (Å²) in [6.07, 6.45) is 0. The Kier molecular flexibility index (Phi) is 6.42. The van der Waals surface area contributed by atoms with E-state index in [0.29, 0.717) is 10.6 Å². The lowest BCUT2D eigenvalue weighted by Gasteiger charge is -2.33. The van der Waals surface area contributed by atoms with E-state index in [1.54, 1.807) is 36.2 Å². The largest absolute Gasteiger partial charge is 0.468 e. The van der Waals surface area contributed by atoms with Gasteiger partial charge >= 0.3 is 11.9 Å². The highest BCUT2D eigenvalue weighted by Crippen LogP contribution is 2.30. The van der Waals surface area contributed by atoms with Crippen molar-refractivity contribution >= 4 is 29.2 Å². The van der Waals surface area contributed by atoms with Crippen LogP contribution in [0, 0.1) is 0 Å². The van der Waals surface area contributed by atoms with Gasteiger partial charge in [0.15, 0.2) is 0 Å². The molecule has 6 heteroatoms. The summed E-state index contributed by atoms with van der Waals surface area (Å²) in [4.78, 5) is 26.8. The normalized spacial score (nSPS) is 12.8. The average Bonchev–Trinajstić information content (AvgIpc) is 2.65. The molecule has 0 saturated heterocycles. The maximum absolute atomic E-state index is 12.5. The third-order valence-corrected chi connectivity index (χ3v) is 4.24. The smallest absolute Gasteiger partial charge is 0.329 e. The second kappa shape index (κ2) is 8.53. The number of ether oxygens (including phenoxy) is 2. The predicted octanol–water partition coefficient (Wildman–Crippen LogP) is 3.27. The number of rotatable bonds is 6. The topological polar surface area (TPSA) is 55.8 Å². The molecule has 2 unspecified atom stereocenters. The van der Waals surface area contributed by atoms with Crippen LogP contribution in [-0.2, 0) is 19.1 Å². The first-order valence-electron chi connectivity index (χ1n) is 7.68. The fourth-order valence-corrected chi connectivity index (χ4v) is 2.94. The number of hydrogen-bond acceptors (Lipinski definition) is 5. The second-order valence-electron chi connectivity index (χ2n) is 5.47. The Labute approximate surface area is 152 Å². The van der Waals surface area contributed by atoms with Gasteiger partial charge in [0.05, 0.1) is 14.2 Å². The van der Waals surface area contributed by atoms with E-state index in [4.69, 9.17) is 21.1 Å². The number of halogens is 1. The molecule has 0 N–H and O–H groups in total. The monoisotopic (exact) mass is 361 g/mol. The molecule has 0 heterocycles. The highest BCUT2D eigenvalue weighted by molar-refractivity contribution is 6.30. The van der Waals surface area contributed by atoms with Crippen molar-refractivity contribution in [1.82, 2.24) is 0 Å². The van der Waals surface area contributed by atoms with Gasteiger partial charge in [0.25, 0.3) is 0 Å². The van der Waals surface area contributed by atoms with E-state index in [1.807, 2.05) is 30.3 Å². The first-order valence-corrected chi connectivity index (χ1v) is 8.06. The van der Waals surface area contributed by atoms with Gasteiger partial charge in [-0.25, -0.2) is 4.79 Å². The molecule has 2 aromatic rings. The Bertz CT molecular complexity index is 735. The quantitative estimate of drug-likeness (QED) is 0.739. The molecule has 0 amide bonds. The molecule has 132 valence electrons. The van der Waals surface area contributed by atoms with Gasteiger partial charge in [0.1, 0.15) is 12.0 Å². The summed E-state index contributed by atoms with van der Waals surface area (Å²) in [5, 5.41) is 0.470. The minimum Gasteiger partial charge on any atom is -0.468 e. The first kappa shape index (κ1) is 18.8. The Morgan fingerprint density at radius 2 is 1.60 bits per heavy atom. The highest BCUT2D eigenvalue weighted by Gasteiger charge is 2.40. The van der Waals surface area contributed by atoms with E-state index in [9.17, 15) is 9.59 Å². The van der Waals surface area contributed by atoms with Crippen LogP contribution in [0.15, 0.2) is 54.6 Å². The minimum atomic E-state index is -0.904.